The molecular formula is C15H21NO3. The van der Waals surface area contributed by atoms with Gasteiger partial charge in [-0.3, -0.25) is 4.79 Å². The Morgan fingerprint density at radius 1 is 1.37 bits per heavy atom. The Morgan fingerprint density at radius 2 is 2.05 bits per heavy atom. The lowest BCUT2D eigenvalue weighted by atomic mass is 10.1. The van der Waals surface area contributed by atoms with E-state index in [9.17, 15) is 9.90 Å². The number of ether oxygens (including phenoxy) is 1. The molecule has 1 N–H and O–H groups in total. The average molecular weight is 263 g/mol. The summed E-state index contributed by atoms with van der Waals surface area (Å²) in [6.07, 6.45) is 1.84. The third-order valence-corrected chi connectivity index (χ3v) is 3.47. The van der Waals surface area contributed by atoms with Crippen LogP contribution in [-0.4, -0.2) is 41.7 Å². The van der Waals surface area contributed by atoms with E-state index < -0.39 is 0 Å². The lowest BCUT2D eigenvalue weighted by Crippen LogP contribution is -2.40. The Hall–Kier alpha value is -1.55. The largest absolute Gasteiger partial charge is 0.484 e. The van der Waals surface area contributed by atoms with Crippen LogP contribution in [0.3, 0.4) is 0 Å². The number of nitrogens with zero attached hydrogens (tertiary/aromatic N) is 1. The zero-order chi connectivity index (χ0) is 13.8. The highest BCUT2D eigenvalue weighted by atomic mass is 16.5. The second kappa shape index (κ2) is 6.06. The van der Waals surface area contributed by atoms with Crippen LogP contribution in [0.5, 0.6) is 5.75 Å². The van der Waals surface area contributed by atoms with Crippen LogP contribution in [0.4, 0.5) is 0 Å². The molecule has 1 amide bonds. The number of aliphatic hydroxyl groups excluding tert-OH is 1. The number of carbonyl (C=O) groups is 1. The van der Waals surface area contributed by atoms with Crippen LogP contribution < -0.4 is 4.74 Å². The summed E-state index contributed by atoms with van der Waals surface area (Å²) < 4.78 is 5.56. The molecule has 0 bridgehead atoms. The van der Waals surface area contributed by atoms with E-state index >= 15 is 0 Å². The maximum absolute atomic E-state index is 12.0. The van der Waals surface area contributed by atoms with Crippen molar-refractivity contribution in [3.63, 3.8) is 0 Å². The molecule has 2 rings (SSSR count). The number of amides is 1. The maximum Gasteiger partial charge on any atom is 0.260 e. The number of likely N-dealkylation sites (tertiary alicyclic amines) is 1. The lowest BCUT2D eigenvalue weighted by Gasteiger charge is -2.23. The Bertz CT molecular complexity index is 438. The third kappa shape index (κ3) is 3.47. The molecular weight excluding hydrogens is 242 g/mol. The molecule has 1 saturated heterocycles. The van der Waals surface area contributed by atoms with Gasteiger partial charge >= 0.3 is 0 Å². The second-order valence-electron chi connectivity index (χ2n) is 5.18. The summed E-state index contributed by atoms with van der Waals surface area (Å²) in [6.45, 7) is 4.81. The summed E-state index contributed by atoms with van der Waals surface area (Å²) in [5.74, 6) is 0.682. The molecule has 0 aromatic heterocycles. The molecule has 1 heterocycles. The third-order valence-electron chi connectivity index (χ3n) is 3.47. The van der Waals surface area contributed by atoms with Crippen molar-refractivity contribution in [3.8, 4) is 5.75 Å². The number of benzene rings is 1. The van der Waals surface area contributed by atoms with Crippen LogP contribution in [0.1, 0.15) is 24.0 Å². The quantitative estimate of drug-likeness (QED) is 0.899. The Labute approximate surface area is 114 Å². The fraction of sp³-hybridized carbons (Fsp3) is 0.533. The molecule has 1 aliphatic rings. The summed E-state index contributed by atoms with van der Waals surface area (Å²) in [5, 5.41) is 9.21. The van der Waals surface area contributed by atoms with Crippen LogP contribution in [0.2, 0.25) is 0 Å². The number of carbonyl (C=O) groups excluding carboxylic acids is 1. The number of rotatable bonds is 4. The van der Waals surface area contributed by atoms with Gasteiger partial charge < -0.3 is 14.7 Å². The summed E-state index contributed by atoms with van der Waals surface area (Å²) >= 11 is 0. The molecule has 0 spiro atoms. The van der Waals surface area contributed by atoms with Crippen molar-refractivity contribution in [1.29, 1.82) is 0 Å². The van der Waals surface area contributed by atoms with E-state index in [1.165, 1.54) is 0 Å². The van der Waals surface area contributed by atoms with E-state index in [1.54, 1.807) is 4.90 Å². The molecule has 4 nitrogen and oxygen atoms in total. The first-order chi connectivity index (χ1) is 9.10. The van der Waals surface area contributed by atoms with Crippen molar-refractivity contribution in [1.82, 2.24) is 4.90 Å². The van der Waals surface area contributed by atoms with Gasteiger partial charge in [-0.1, -0.05) is 6.07 Å². The molecule has 1 aliphatic heterocycles. The topological polar surface area (TPSA) is 49.8 Å². The maximum atomic E-state index is 12.0. The minimum atomic E-state index is -0.0456. The van der Waals surface area contributed by atoms with Gasteiger partial charge in [-0.2, -0.15) is 0 Å². The molecule has 0 radical (unpaired) electrons. The van der Waals surface area contributed by atoms with Crippen molar-refractivity contribution >= 4 is 5.91 Å². The van der Waals surface area contributed by atoms with E-state index in [0.29, 0.717) is 0 Å². The molecule has 1 fully saturated rings. The molecule has 0 saturated carbocycles. The highest BCUT2D eigenvalue weighted by Crippen LogP contribution is 2.19. The van der Waals surface area contributed by atoms with Crippen molar-refractivity contribution in [2.75, 3.05) is 19.8 Å². The van der Waals surface area contributed by atoms with Crippen LogP contribution in [0, 0.1) is 13.8 Å². The summed E-state index contributed by atoms with van der Waals surface area (Å²) in [6, 6.07) is 5.88. The minimum Gasteiger partial charge on any atom is -0.484 e. The van der Waals surface area contributed by atoms with Crippen LogP contribution in [0.25, 0.3) is 0 Å². The Morgan fingerprint density at radius 3 is 2.68 bits per heavy atom. The monoisotopic (exact) mass is 263 g/mol. The molecule has 0 aliphatic carbocycles. The highest BCUT2D eigenvalue weighted by Gasteiger charge is 2.28. The SMILES string of the molecule is Cc1cc(C)cc(OCC(=O)N2CCCC2CO)c1. The zero-order valence-corrected chi connectivity index (χ0v) is 11.6. The van der Waals surface area contributed by atoms with E-state index in [0.717, 1.165) is 36.3 Å². The van der Waals surface area contributed by atoms with Gasteiger partial charge in [-0.15, -0.1) is 0 Å². The fourth-order valence-corrected chi connectivity index (χ4v) is 2.60. The van der Waals surface area contributed by atoms with Gasteiger partial charge in [0.15, 0.2) is 6.61 Å². The lowest BCUT2D eigenvalue weighted by molar-refractivity contribution is -0.134. The number of aliphatic hydroxyl groups is 1. The zero-order valence-electron chi connectivity index (χ0n) is 11.6. The molecule has 1 aromatic rings. The average Bonchev–Trinajstić information content (AvgIpc) is 2.83. The number of hydrogen-bond acceptors (Lipinski definition) is 3. The highest BCUT2D eigenvalue weighted by molar-refractivity contribution is 5.78. The van der Waals surface area contributed by atoms with Crippen molar-refractivity contribution in [2.45, 2.75) is 32.7 Å². The first-order valence-electron chi connectivity index (χ1n) is 6.71. The van der Waals surface area contributed by atoms with Crippen LogP contribution in [-0.2, 0) is 4.79 Å². The fourth-order valence-electron chi connectivity index (χ4n) is 2.60. The summed E-state index contributed by atoms with van der Waals surface area (Å²) in [4.78, 5) is 13.8. The molecule has 1 atom stereocenters. The van der Waals surface area contributed by atoms with Crippen molar-refractivity contribution in [3.05, 3.63) is 29.3 Å². The Balaban J connectivity index is 1.93. The van der Waals surface area contributed by atoms with E-state index in [1.807, 2.05) is 26.0 Å². The van der Waals surface area contributed by atoms with Gasteiger partial charge in [0.25, 0.3) is 5.91 Å². The predicted octanol–water partition coefficient (Wildman–Crippen LogP) is 1.67. The van der Waals surface area contributed by atoms with E-state index in [-0.39, 0.29) is 25.2 Å². The predicted molar refractivity (Wildman–Crippen MR) is 73.2 cm³/mol. The summed E-state index contributed by atoms with van der Waals surface area (Å²) in [5.41, 5.74) is 2.24. The normalized spacial score (nSPS) is 18.7. The first-order valence-corrected chi connectivity index (χ1v) is 6.71. The van der Waals surface area contributed by atoms with Crippen LogP contribution in [0.15, 0.2) is 18.2 Å². The minimum absolute atomic E-state index is 0.0321. The smallest absolute Gasteiger partial charge is 0.260 e. The molecule has 4 heteroatoms. The molecule has 104 valence electrons. The standard InChI is InChI=1S/C15H21NO3/c1-11-6-12(2)8-14(7-11)19-10-15(18)16-5-3-4-13(16)9-17/h6-8,13,17H,3-5,9-10H2,1-2H3. The van der Waals surface area contributed by atoms with Gasteiger partial charge in [0, 0.05) is 6.54 Å². The summed E-state index contributed by atoms with van der Waals surface area (Å²) in [7, 11) is 0. The Kier molecular flexibility index (Phi) is 4.43. The molecule has 19 heavy (non-hydrogen) atoms. The van der Waals surface area contributed by atoms with Gasteiger partial charge in [-0.25, -0.2) is 0 Å². The van der Waals surface area contributed by atoms with Gasteiger partial charge in [0.1, 0.15) is 5.75 Å². The second-order valence-corrected chi connectivity index (χ2v) is 5.18. The van der Waals surface area contributed by atoms with E-state index in [2.05, 4.69) is 6.07 Å². The van der Waals surface area contributed by atoms with Gasteiger partial charge in [-0.05, 0) is 49.9 Å². The van der Waals surface area contributed by atoms with Gasteiger partial charge in [0.2, 0.25) is 0 Å². The molecule has 1 unspecified atom stereocenters. The van der Waals surface area contributed by atoms with Gasteiger partial charge in [0.05, 0.1) is 12.6 Å². The molecule has 1 aromatic carbocycles. The number of aryl methyl sites for hydroxylation is 2. The van der Waals surface area contributed by atoms with Crippen LogP contribution >= 0.6 is 0 Å². The van der Waals surface area contributed by atoms with E-state index in [4.69, 9.17) is 4.74 Å². The van der Waals surface area contributed by atoms with Crippen molar-refractivity contribution < 1.29 is 14.6 Å². The number of hydrogen-bond donors (Lipinski definition) is 1. The first kappa shape index (κ1) is 13.9. The van der Waals surface area contributed by atoms with Crippen molar-refractivity contribution in [2.24, 2.45) is 0 Å².